The molecule has 110 valence electrons. The van der Waals surface area contributed by atoms with Gasteiger partial charge in [0.15, 0.2) is 0 Å². The van der Waals surface area contributed by atoms with Crippen LogP contribution in [0, 0.1) is 10.1 Å². The van der Waals surface area contributed by atoms with Crippen LogP contribution in [-0.2, 0) is 0 Å². The molecule has 0 aliphatic heterocycles. The maximum Gasteiger partial charge on any atom is 0.353 e. The highest BCUT2D eigenvalue weighted by molar-refractivity contribution is 5.73. The van der Waals surface area contributed by atoms with Gasteiger partial charge in [0.05, 0.1) is 16.8 Å². The van der Waals surface area contributed by atoms with Crippen molar-refractivity contribution in [2.75, 3.05) is 17.2 Å². The van der Waals surface area contributed by atoms with E-state index in [1.807, 2.05) is 6.92 Å². The Morgan fingerprint density at radius 3 is 2.81 bits per heavy atom. The van der Waals surface area contributed by atoms with Crippen LogP contribution >= 0.6 is 0 Å². The first-order valence-corrected chi connectivity index (χ1v) is 6.62. The lowest BCUT2D eigenvalue weighted by Crippen LogP contribution is -2.09. The molecular formula is C13H16N6O2. The van der Waals surface area contributed by atoms with Crippen molar-refractivity contribution in [1.29, 1.82) is 0 Å². The van der Waals surface area contributed by atoms with Crippen molar-refractivity contribution in [1.82, 2.24) is 15.0 Å². The van der Waals surface area contributed by atoms with Gasteiger partial charge >= 0.3 is 5.69 Å². The van der Waals surface area contributed by atoms with Crippen LogP contribution in [0.1, 0.15) is 19.8 Å². The van der Waals surface area contributed by atoms with Gasteiger partial charge in [-0.05, 0) is 18.6 Å². The van der Waals surface area contributed by atoms with Crippen molar-refractivity contribution in [3.63, 3.8) is 0 Å². The molecule has 0 spiro atoms. The Hall–Kier alpha value is -2.77. The summed E-state index contributed by atoms with van der Waals surface area (Å²) in [5.41, 5.74) is 0.455. The summed E-state index contributed by atoms with van der Waals surface area (Å²) in [7, 11) is 0. The largest absolute Gasteiger partial charge is 0.364 e. The fourth-order valence-corrected chi connectivity index (χ4v) is 1.73. The minimum Gasteiger partial charge on any atom is -0.364 e. The molecule has 8 heteroatoms. The van der Waals surface area contributed by atoms with E-state index in [2.05, 4.69) is 25.6 Å². The third-order valence-corrected chi connectivity index (χ3v) is 2.75. The molecule has 0 aliphatic carbocycles. The molecule has 2 rings (SSSR count). The van der Waals surface area contributed by atoms with Gasteiger partial charge in [-0.2, -0.15) is 0 Å². The number of hydrogen-bond acceptors (Lipinski definition) is 7. The first-order chi connectivity index (χ1) is 10.2. The third kappa shape index (κ3) is 3.85. The number of unbranched alkanes of at least 4 members (excludes halogenated alkanes) is 1. The summed E-state index contributed by atoms with van der Waals surface area (Å²) in [4.78, 5) is 22.7. The normalized spacial score (nSPS) is 10.1. The number of nitro groups is 1. The zero-order valence-corrected chi connectivity index (χ0v) is 11.6. The number of pyridine rings is 1. The van der Waals surface area contributed by atoms with Gasteiger partial charge in [-0.25, -0.2) is 9.97 Å². The van der Waals surface area contributed by atoms with Gasteiger partial charge in [0.25, 0.3) is 0 Å². The lowest BCUT2D eigenvalue weighted by Gasteiger charge is -2.09. The summed E-state index contributed by atoms with van der Waals surface area (Å²) < 4.78 is 0. The maximum atomic E-state index is 11.3. The Kier molecular flexibility index (Phi) is 4.97. The molecule has 0 aliphatic rings. The molecule has 0 saturated carbocycles. The number of anilines is 3. The fraction of sp³-hybridized carbons (Fsp3) is 0.308. The number of nitrogens with one attached hydrogen (secondary N) is 2. The van der Waals surface area contributed by atoms with E-state index >= 15 is 0 Å². The Morgan fingerprint density at radius 1 is 1.33 bits per heavy atom. The highest BCUT2D eigenvalue weighted by Gasteiger charge is 2.22. The van der Waals surface area contributed by atoms with Crippen LogP contribution in [0.3, 0.4) is 0 Å². The van der Waals surface area contributed by atoms with Gasteiger partial charge in [-0.15, -0.1) is 0 Å². The molecule has 2 N–H and O–H groups in total. The number of aromatic nitrogens is 3. The van der Waals surface area contributed by atoms with E-state index < -0.39 is 4.92 Å². The Morgan fingerprint density at radius 2 is 2.14 bits per heavy atom. The minimum absolute atomic E-state index is 0.141. The lowest BCUT2D eigenvalue weighted by molar-refractivity contribution is -0.383. The van der Waals surface area contributed by atoms with E-state index in [0.717, 1.165) is 12.8 Å². The van der Waals surface area contributed by atoms with E-state index in [0.29, 0.717) is 12.2 Å². The maximum absolute atomic E-state index is 11.3. The van der Waals surface area contributed by atoms with Gasteiger partial charge in [0.1, 0.15) is 6.33 Å². The highest BCUT2D eigenvalue weighted by atomic mass is 16.6. The van der Waals surface area contributed by atoms with Crippen LogP contribution in [-0.4, -0.2) is 26.4 Å². The van der Waals surface area contributed by atoms with Gasteiger partial charge in [0.2, 0.25) is 11.6 Å². The SMILES string of the molecule is CCCCNc1ncnc(Nc2cccnc2)c1[N+](=O)[O-]. The van der Waals surface area contributed by atoms with Crippen LogP contribution in [0.5, 0.6) is 0 Å². The molecule has 0 radical (unpaired) electrons. The fourth-order valence-electron chi connectivity index (χ4n) is 1.73. The van der Waals surface area contributed by atoms with Crippen molar-refractivity contribution >= 4 is 23.0 Å². The molecule has 0 aromatic carbocycles. The summed E-state index contributed by atoms with van der Waals surface area (Å²) in [5, 5.41) is 17.2. The smallest absolute Gasteiger partial charge is 0.353 e. The van der Waals surface area contributed by atoms with Crippen molar-refractivity contribution in [2.45, 2.75) is 19.8 Å². The Bertz CT molecular complexity index is 605. The Balaban J connectivity index is 2.28. The number of rotatable bonds is 7. The summed E-state index contributed by atoms with van der Waals surface area (Å²) in [6.07, 6.45) is 6.38. The molecule has 0 atom stereocenters. The quantitative estimate of drug-likeness (QED) is 0.458. The first kappa shape index (κ1) is 14.6. The van der Waals surface area contributed by atoms with Crippen LogP contribution in [0.2, 0.25) is 0 Å². The van der Waals surface area contributed by atoms with Crippen molar-refractivity contribution in [3.8, 4) is 0 Å². The predicted octanol–water partition coefficient (Wildman–Crippen LogP) is 2.74. The van der Waals surface area contributed by atoms with E-state index in [-0.39, 0.29) is 17.3 Å². The van der Waals surface area contributed by atoms with Crippen LogP contribution < -0.4 is 10.6 Å². The van der Waals surface area contributed by atoms with E-state index in [4.69, 9.17) is 0 Å². The van der Waals surface area contributed by atoms with Crippen molar-refractivity contribution in [3.05, 3.63) is 41.0 Å². The molecule has 0 bridgehead atoms. The molecule has 0 unspecified atom stereocenters. The molecule has 2 aromatic heterocycles. The summed E-state index contributed by atoms with van der Waals surface area (Å²) >= 11 is 0. The topological polar surface area (TPSA) is 106 Å². The molecule has 0 saturated heterocycles. The standard InChI is InChI=1S/C13H16N6O2/c1-2-3-7-15-12-11(19(20)21)13(17-9-16-12)18-10-5-4-6-14-8-10/h4-6,8-9H,2-3,7H2,1H3,(H2,15,16,17,18). The van der Waals surface area contributed by atoms with Gasteiger partial charge < -0.3 is 10.6 Å². The van der Waals surface area contributed by atoms with E-state index in [1.54, 1.807) is 24.5 Å². The molecule has 8 nitrogen and oxygen atoms in total. The van der Waals surface area contributed by atoms with Crippen LogP contribution in [0.25, 0.3) is 0 Å². The van der Waals surface area contributed by atoms with Gasteiger partial charge in [-0.3, -0.25) is 15.1 Å². The average molecular weight is 288 g/mol. The zero-order valence-electron chi connectivity index (χ0n) is 11.6. The van der Waals surface area contributed by atoms with Crippen LogP contribution in [0.15, 0.2) is 30.9 Å². The summed E-state index contributed by atoms with van der Waals surface area (Å²) in [6.45, 7) is 2.67. The molecule has 0 amide bonds. The Labute approximate surface area is 121 Å². The number of nitrogens with zero attached hydrogens (tertiary/aromatic N) is 4. The van der Waals surface area contributed by atoms with Gasteiger partial charge in [-0.1, -0.05) is 13.3 Å². The summed E-state index contributed by atoms with van der Waals surface area (Å²) in [5.74, 6) is 0.358. The second kappa shape index (κ2) is 7.13. The number of hydrogen-bond donors (Lipinski definition) is 2. The highest BCUT2D eigenvalue weighted by Crippen LogP contribution is 2.30. The third-order valence-electron chi connectivity index (χ3n) is 2.75. The second-order valence-electron chi connectivity index (χ2n) is 4.32. The van der Waals surface area contributed by atoms with Crippen molar-refractivity contribution < 1.29 is 4.92 Å². The average Bonchev–Trinajstić information content (AvgIpc) is 2.48. The molecule has 21 heavy (non-hydrogen) atoms. The lowest BCUT2D eigenvalue weighted by atomic mass is 10.3. The first-order valence-electron chi connectivity index (χ1n) is 6.62. The van der Waals surface area contributed by atoms with E-state index in [1.165, 1.54) is 6.33 Å². The molecule has 2 aromatic rings. The molecular weight excluding hydrogens is 272 g/mol. The zero-order chi connectivity index (χ0) is 15.1. The second-order valence-corrected chi connectivity index (χ2v) is 4.32. The molecule has 0 fully saturated rings. The van der Waals surface area contributed by atoms with Gasteiger partial charge in [0, 0.05) is 12.7 Å². The molecule has 2 heterocycles. The summed E-state index contributed by atoms with van der Waals surface area (Å²) in [6, 6.07) is 3.48. The monoisotopic (exact) mass is 288 g/mol. The predicted molar refractivity (Wildman–Crippen MR) is 79.6 cm³/mol. The van der Waals surface area contributed by atoms with E-state index in [9.17, 15) is 10.1 Å². The van der Waals surface area contributed by atoms with Crippen molar-refractivity contribution in [2.24, 2.45) is 0 Å². The minimum atomic E-state index is -0.493. The van der Waals surface area contributed by atoms with Crippen LogP contribution in [0.4, 0.5) is 23.0 Å².